The summed E-state index contributed by atoms with van der Waals surface area (Å²) in [6, 6.07) is 0.385. The summed E-state index contributed by atoms with van der Waals surface area (Å²) in [6.07, 6.45) is 2.54. The van der Waals surface area contributed by atoms with Crippen molar-refractivity contribution in [2.45, 2.75) is 39.7 Å². The second-order valence-electron chi connectivity index (χ2n) is 5.99. The van der Waals surface area contributed by atoms with Crippen LogP contribution < -0.4 is 5.32 Å². The van der Waals surface area contributed by atoms with Crippen LogP contribution in [0.5, 0.6) is 0 Å². The zero-order valence-electron chi connectivity index (χ0n) is 10.9. The van der Waals surface area contributed by atoms with Gasteiger partial charge in [0.15, 0.2) is 0 Å². The van der Waals surface area contributed by atoms with Crippen LogP contribution in [0.25, 0.3) is 0 Å². The Balaban J connectivity index is 1.92. The molecular weight excluding hydrogens is 200 g/mol. The van der Waals surface area contributed by atoms with Crippen molar-refractivity contribution >= 4 is 5.91 Å². The van der Waals surface area contributed by atoms with Gasteiger partial charge in [-0.05, 0) is 44.2 Å². The van der Waals surface area contributed by atoms with Gasteiger partial charge in [-0.2, -0.15) is 0 Å². The highest BCUT2D eigenvalue weighted by Gasteiger charge is 2.46. The minimum atomic E-state index is 0.177. The number of carbonyl (C=O) groups is 1. The van der Waals surface area contributed by atoms with E-state index in [1.54, 1.807) is 0 Å². The number of amides is 1. The van der Waals surface area contributed by atoms with Crippen molar-refractivity contribution in [1.82, 2.24) is 10.2 Å². The predicted octanol–water partition coefficient (Wildman–Crippen LogP) is 1.49. The fourth-order valence-corrected chi connectivity index (χ4v) is 2.46. The summed E-state index contributed by atoms with van der Waals surface area (Å²) in [7, 11) is 1.97. The van der Waals surface area contributed by atoms with E-state index in [0.717, 1.165) is 13.1 Å². The summed E-state index contributed by atoms with van der Waals surface area (Å²) < 4.78 is 0. The molecule has 0 aromatic heterocycles. The third-order valence-electron chi connectivity index (χ3n) is 4.89. The molecule has 2 aliphatic rings. The molecule has 3 heteroatoms. The lowest BCUT2D eigenvalue weighted by Gasteiger charge is -2.37. The van der Waals surface area contributed by atoms with E-state index >= 15 is 0 Å². The van der Waals surface area contributed by atoms with Crippen molar-refractivity contribution in [2.75, 3.05) is 20.1 Å². The van der Waals surface area contributed by atoms with Gasteiger partial charge in [-0.15, -0.1) is 0 Å². The predicted molar refractivity (Wildman–Crippen MR) is 65.1 cm³/mol. The normalized spacial score (nSPS) is 26.8. The number of carbonyl (C=O) groups excluding carboxylic acids is 1. The molecule has 1 saturated heterocycles. The van der Waals surface area contributed by atoms with Crippen LogP contribution in [0, 0.1) is 17.3 Å². The molecular formula is C13H24N2O. The molecule has 16 heavy (non-hydrogen) atoms. The topological polar surface area (TPSA) is 32.3 Å². The van der Waals surface area contributed by atoms with Gasteiger partial charge in [0.25, 0.3) is 0 Å². The van der Waals surface area contributed by atoms with Crippen LogP contribution >= 0.6 is 0 Å². The van der Waals surface area contributed by atoms with E-state index in [2.05, 4.69) is 26.1 Å². The van der Waals surface area contributed by atoms with Gasteiger partial charge in [0.05, 0.1) is 0 Å². The van der Waals surface area contributed by atoms with Crippen molar-refractivity contribution in [3.05, 3.63) is 0 Å². The van der Waals surface area contributed by atoms with Gasteiger partial charge >= 0.3 is 0 Å². The molecule has 2 atom stereocenters. The highest BCUT2D eigenvalue weighted by atomic mass is 16.2. The first-order valence-corrected chi connectivity index (χ1v) is 6.43. The molecule has 0 aromatic carbocycles. The second-order valence-corrected chi connectivity index (χ2v) is 5.99. The molecule has 0 radical (unpaired) electrons. The Labute approximate surface area is 98.6 Å². The van der Waals surface area contributed by atoms with E-state index in [1.807, 2.05) is 11.9 Å². The molecule has 1 amide bonds. The Morgan fingerprint density at radius 1 is 1.38 bits per heavy atom. The van der Waals surface area contributed by atoms with E-state index in [0.29, 0.717) is 23.3 Å². The molecule has 1 aliphatic carbocycles. The SMILES string of the molecule is CC(C(=O)N(C)C(C)C1(C)CC1)C1CNC1. The van der Waals surface area contributed by atoms with Gasteiger partial charge in [0.1, 0.15) is 0 Å². The Bertz CT molecular complexity index is 282. The summed E-state index contributed by atoms with van der Waals surface area (Å²) in [5.74, 6) is 1.05. The van der Waals surface area contributed by atoms with E-state index in [9.17, 15) is 4.79 Å². The first-order valence-electron chi connectivity index (χ1n) is 6.43. The summed E-state index contributed by atoms with van der Waals surface area (Å²) in [5.41, 5.74) is 0.391. The summed E-state index contributed by atoms with van der Waals surface area (Å²) in [4.78, 5) is 14.3. The quantitative estimate of drug-likeness (QED) is 0.784. The van der Waals surface area contributed by atoms with E-state index in [-0.39, 0.29) is 5.92 Å². The van der Waals surface area contributed by atoms with Gasteiger partial charge in [-0.1, -0.05) is 13.8 Å². The van der Waals surface area contributed by atoms with Gasteiger partial charge in [-0.25, -0.2) is 0 Å². The summed E-state index contributed by atoms with van der Waals surface area (Å²) >= 11 is 0. The second kappa shape index (κ2) is 4.02. The number of nitrogens with zero attached hydrogens (tertiary/aromatic N) is 1. The number of nitrogens with one attached hydrogen (secondary N) is 1. The maximum absolute atomic E-state index is 12.3. The van der Waals surface area contributed by atoms with Crippen LogP contribution in [-0.4, -0.2) is 37.0 Å². The molecule has 2 rings (SSSR count). The summed E-state index contributed by atoms with van der Waals surface area (Å²) in [5, 5.41) is 3.24. The molecule has 2 fully saturated rings. The van der Waals surface area contributed by atoms with Crippen LogP contribution in [0.15, 0.2) is 0 Å². The highest BCUT2D eigenvalue weighted by Crippen LogP contribution is 2.49. The Morgan fingerprint density at radius 3 is 2.31 bits per heavy atom. The molecule has 2 unspecified atom stereocenters. The van der Waals surface area contributed by atoms with Crippen molar-refractivity contribution in [3.8, 4) is 0 Å². The maximum Gasteiger partial charge on any atom is 0.225 e. The Hall–Kier alpha value is -0.570. The molecule has 0 aromatic rings. The van der Waals surface area contributed by atoms with Gasteiger partial charge in [-0.3, -0.25) is 4.79 Å². The van der Waals surface area contributed by atoms with Crippen LogP contribution in [-0.2, 0) is 4.79 Å². The highest BCUT2D eigenvalue weighted by molar-refractivity contribution is 5.79. The monoisotopic (exact) mass is 224 g/mol. The number of hydrogen-bond donors (Lipinski definition) is 1. The lowest BCUT2D eigenvalue weighted by Crippen LogP contribution is -2.51. The molecule has 0 spiro atoms. The lowest BCUT2D eigenvalue weighted by atomic mass is 9.87. The first kappa shape index (κ1) is 11.9. The number of hydrogen-bond acceptors (Lipinski definition) is 2. The van der Waals surface area contributed by atoms with Crippen molar-refractivity contribution < 1.29 is 4.79 Å². The van der Waals surface area contributed by atoms with Gasteiger partial charge < -0.3 is 10.2 Å². The average Bonchev–Trinajstić information content (AvgIpc) is 2.91. The molecule has 92 valence electrons. The third kappa shape index (κ3) is 1.97. The molecule has 1 aliphatic heterocycles. The molecule has 1 heterocycles. The molecule has 1 saturated carbocycles. The van der Waals surface area contributed by atoms with E-state index in [1.165, 1.54) is 12.8 Å². The van der Waals surface area contributed by atoms with Crippen LogP contribution in [0.3, 0.4) is 0 Å². The van der Waals surface area contributed by atoms with E-state index < -0.39 is 0 Å². The third-order valence-corrected chi connectivity index (χ3v) is 4.89. The fourth-order valence-electron chi connectivity index (χ4n) is 2.46. The Kier molecular flexibility index (Phi) is 2.99. The minimum absolute atomic E-state index is 0.177. The van der Waals surface area contributed by atoms with Crippen LogP contribution in [0.1, 0.15) is 33.6 Å². The molecule has 0 bridgehead atoms. The van der Waals surface area contributed by atoms with E-state index in [4.69, 9.17) is 0 Å². The fraction of sp³-hybridized carbons (Fsp3) is 0.923. The van der Waals surface area contributed by atoms with Gasteiger partial charge in [0.2, 0.25) is 5.91 Å². The van der Waals surface area contributed by atoms with Gasteiger partial charge in [0, 0.05) is 19.0 Å². The molecule has 1 N–H and O–H groups in total. The first-order chi connectivity index (χ1) is 7.46. The van der Waals surface area contributed by atoms with Crippen LogP contribution in [0.2, 0.25) is 0 Å². The van der Waals surface area contributed by atoms with Crippen molar-refractivity contribution in [2.24, 2.45) is 17.3 Å². The van der Waals surface area contributed by atoms with Crippen molar-refractivity contribution in [3.63, 3.8) is 0 Å². The minimum Gasteiger partial charge on any atom is -0.342 e. The smallest absolute Gasteiger partial charge is 0.225 e. The molecule has 3 nitrogen and oxygen atoms in total. The zero-order valence-corrected chi connectivity index (χ0v) is 10.9. The largest absolute Gasteiger partial charge is 0.342 e. The lowest BCUT2D eigenvalue weighted by molar-refractivity contribution is -0.139. The maximum atomic E-state index is 12.3. The summed E-state index contributed by atoms with van der Waals surface area (Å²) in [6.45, 7) is 8.57. The Morgan fingerprint density at radius 2 is 1.94 bits per heavy atom. The van der Waals surface area contributed by atoms with Crippen LogP contribution in [0.4, 0.5) is 0 Å². The zero-order chi connectivity index (χ0) is 11.9. The average molecular weight is 224 g/mol. The van der Waals surface area contributed by atoms with Crippen molar-refractivity contribution in [1.29, 1.82) is 0 Å². The standard InChI is InChI=1S/C13H24N2O/c1-9(11-7-14-8-11)12(16)15(4)10(2)13(3)5-6-13/h9-11,14H,5-8H2,1-4H3. The number of rotatable bonds is 4.